The fraction of sp³-hybridized carbons (Fsp3) is 0. The highest BCUT2D eigenvalue weighted by molar-refractivity contribution is 6.20. The summed E-state index contributed by atoms with van der Waals surface area (Å²) in [6, 6.07) is 36.9. The molecule has 0 unspecified atom stereocenters. The first-order valence-corrected chi connectivity index (χ1v) is 17.4. The van der Waals surface area contributed by atoms with Crippen LogP contribution in [-0.2, 0) is 0 Å². The van der Waals surface area contributed by atoms with Crippen LogP contribution in [0.25, 0.3) is 99.9 Å². The molecule has 0 aliphatic heterocycles. The van der Waals surface area contributed by atoms with Gasteiger partial charge in [0.05, 0.1) is 15.1 Å². The molecule has 0 radical (unpaired) electrons. The highest BCUT2D eigenvalue weighted by atomic mass is 15.0. The summed E-state index contributed by atoms with van der Waals surface area (Å²) in [5.74, 6) is 1.19. The van der Waals surface area contributed by atoms with Crippen LogP contribution in [0, 0.1) is 0 Å². The van der Waals surface area contributed by atoms with Gasteiger partial charge in [0.15, 0.2) is 17.5 Å². The van der Waals surface area contributed by atoms with Crippen molar-refractivity contribution in [1.82, 2.24) is 15.0 Å². The maximum Gasteiger partial charge on any atom is 0.164 e. The van der Waals surface area contributed by atoms with Gasteiger partial charge in [0.1, 0.15) is 0 Å². The van der Waals surface area contributed by atoms with Crippen molar-refractivity contribution in [3.63, 3.8) is 0 Å². The molecule has 3 nitrogen and oxygen atoms in total. The molecule has 0 aliphatic carbocycles. The smallest absolute Gasteiger partial charge is 0.164 e. The topological polar surface area (TPSA) is 38.7 Å². The van der Waals surface area contributed by atoms with Crippen LogP contribution >= 0.6 is 0 Å². The van der Waals surface area contributed by atoms with E-state index in [1.54, 1.807) is 24.3 Å². The van der Waals surface area contributed by atoms with E-state index in [9.17, 15) is 2.74 Å². The molecule has 0 spiro atoms. The number of benzene rings is 9. The molecule has 10 aromatic rings. The zero-order valence-electron chi connectivity index (χ0n) is 39.5. The van der Waals surface area contributed by atoms with Crippen molar-refractivity contribution in [2.75, 3.05) is 0 Å². The lowest BCUT2D eigenvalue weighted by molar-refractivity contribution is 1.07. The van der Waals surface area contributed by atoms with Gasteiger partial charge in [0.25, 0.3) is 0 Å². The second-order valence-corrected chi connectivity index (χ2v) is 12.7. The number of nitrogens with zero attached hydrogens (tertiary/aromatic N) is 3. The standard InChI is InChI=1S/C51H33N3/c1-3-13-34(14-4-1)35-23-27-39(28-24-35)49-52-50(54-51(53-49)46-22-12-11-19-42(46)36-15-5-2-6-16-36)40-29-25-38(26-30-40)48-44-21-10-8-18-41(44)33-47-43-20-9-7-17-37(43)31-32-45(47)48/h1-33H/i7D,8D,9D,10D,17D,18D,20D,21D,31D,32D,33D. The number of hydrogen-bond acceptors (Lipinski definition) is 3. The summed E-state index contributed by atoms with van der Waals surface area (Å²) in [6.45, 7) is 0. The van der Waals surface area contributed by atoms with E-state index in [1.165, 1.54) is 0 Å². The molecule has 1 aromatic heterocycles. The maximum atomic E-state index is 9.42. The Hall–Kier alpha value is -7.23. The lowest BCUT2D eigenvalue weighted by atomic mass is 9.89. The van der Waals surface area contributed by atoms with Gasteiger partial charge < -0.3 is 0 Å². The second-order valence-electron chi connectivity index (χ2n) is 12.7. The van der Waals surface area contributed by atoms with Gasteiger partial charge in [-0.05, 0) is 71.7 Å². The molecule has 0 atom stereocenters. The number of rotatable bonds is 6. The van der Waals surface area contributed by atoms with Gasteiger partial charge >= 0.3 is 0 Å². The molecule has 0 N–H and O–H groups in total. The predicted octanol–water partition coefficient (Wildman–Crippen LogP) is 13.3. The second kappa shape index (κ2) is 13.4. The van der Waals surface area contributed by atoms with Crippen LogP contribution < -0.4 is 0 Å². The minimum atomic E-state index is -0.601. The third-order valence-corrected chi connectivity index (χ3v) is 9.51. The van der Waals surface area contributed by atoms with Crippen molar-refractivity contribution in [2.45, 2.75) is 0 Å². The lowest BCUT2D eigenvalue weighted by Gasteiger charge is -2.15. The van der Waals surface area contributed by atoms with Gasteiger partial charge in [0, 0.05) is 16.7 Å². The van der Waals surface area contributed by atoms with E-state index in [0.717, 1.165) is 33.4 Å². The van der Waals surface area contributed by atoms with Gasteiger partial charge in [-0.2, -0.15) is 0 Å². The van der Waals surface area contributed by atoms with Crippen LogP contribution in [0.5, 0.6) is 0 Å². The number of hydrogen-bond donors (Lipinski definition) is 0. The Morgan fingerprint density at radius 1 is 0.315 bits per heavy atom. The Bertz CT molecular complexity index is 3590. The van der Waals surface area contributed by atoms with Crippen LogP contribution in [0.1, 0.15) is 15.1 Å². The van der Waals surface area contributed by atoms with Crippen molar-refractivity contribution in [3.8, 4) is 67.5 Å². The first-order valence-electron chi connectivity index (χ1n) is 22.9. The minimum Gasteiger partial charge on any atom is -0.208 e. The molecule has 0 fully saturated rings. The number of fused-ring (bicyclic) bond motifs is 4. The summed E-state index contributed by atoms with van der Waals surface area (Å²) in [5.41, 5.74) is 6.57. The van der Waals surface area contributed by atoms with Crippen LogP contribution in [0.3, 0.4) is 0 Å². The summed E-state index contributed by atoms with van der Waals surface area (Å²) in [5, 5.41) is -0.850. The average molecular weight is 699 g/mol. The third-order valence-electron chi connectivity index (χ3n) is 9.51. The van der Waals surface area contributed by atoms with Gasteiger partial charge in [0.2, 0.25) is 0 Å². The molecule has 0 saturated heterocycles. The van der Waals surface area contributed by atoms with Crippen LogP contribution in [0.15, 0.2) is 200 Å². The maximum absolute atomic E-state index is 9.42. The van der Waals surface area contributed by atoms with Crippen molar-refractivity contribution in [3.05, 3.63) is 200 Å². The largest absolute Gasteiger partial charge is 0.208 e. The summed E-state index contributed by atoms with van der Waals surface area (Å²) in [4.78, 5) is 15.0. The lowest BCUT2D eigenvalue weighted by Crippen LogP contribution is -2.01. The molecule has 0 saturated carbocycles. The summed E-state index contributed by atoms with van der Waals surface area (Å²) < 4.78 is 97.5. The average Bonchev–Trinajstić information content (AvgIpc) is 3.35. The fourth-order valence-electron chi connectivity index (χ4n) is 6.88. The molecule has 0 aliphatic rings. The first-order chi connectivity index (χ1) is 31.3. The van der Waals surface area contributed by atoms with Crippen molar-refractivity contribution in [1.29, 1.82) is 0 Å². The monoisotopic (exact) mass is 698 g/mol. The van der Waals surface area contributed by atoms with Crippen molar-refractivity contribution < 1.29 is 15.1 Å². The molecule has 0 bridgehead atoms. The molecule has 252 valence electrons. The zero-order valence-corrected chi connectivity index (χ0v) is 28.5. The zero-order chi connectivity index (χ0) is 45.4. The highest BCUT2D eigenvalue weighted by Gasteiger charge is 2.17. The van der Waals surface area contributed by atoms with Gasteiger partial charge in [-0.1, -0.05) is 194 Å². The van der Waals surface area contributed by atoms with E-state index in [-0.39, 0.29) is 37.9 Å². The van der Waals surface area contributed by atoms with E-state index in [2.05, 4.69) is 0 Å². The molecule has 1 heterocycles. The molecule has 10 rings (SSSR count). The number of aromatic nitrogens is 3. The van der Waals surface area contributed by atoms with Gasteiger partial charge in [-0.25, -0.2) is 15.0 Å². The Balaban J connectivity index is 1.22. The SMILES string of the molecule is [2H]c1c([2H])c([2H])c2c([2H])c3c(c([2H])c([2H])c4c([2H])c([2H])c([2H])c([2H])c43)c(-c3ccc(-c4nc(-c5ccc(-c6ccccc6)cc5)nc(-c5ccccc5-c5ccccc5)n4)cc3)c2c1[2H]. The molecular formula is C51H33N3. The van der Waals surface area contributed by atoms with Crippen LogP contribution in [0.4, 0.5) is 0 Å². The van der Waals surface area contributed by atoms with E-state index in [0.29, 0.717) is 28.6 Å². The van der Waals surface area contributed by atoms with Crippen LogP contribution in [0.2, 0.25) is 0 Å². The van der Waals surface area contributed by atoms with E-state index < -0.39 is 66.5 Å². The summed E-state index contributed by atoms with van der Waals surface area (Å²) in [6.07, 6.45) is 0. The summed E-state index contributed by atoms with van der Waals surface area (Å²) >= 11 is 0. The molecule has 9 aromatic carbocycles. The highest BCUT2D eigenvalue weighted by Crippen LogP contribution is 2.40. The Morgan fingerprint density at radius 2 is 0.815 bits per heavy atom. The van der Waals surface area contributed by atoms with Crippen LogP contribution in [-0.4, -0.2) is 15.0 Å². The normalized spacial score (nSPS) is 14.2. The van der Waals surface area contributed by atoms with E-state index in [1.807, 2.05) is 109 Å². The molecular weight excluding hydrogens is 655 g/mol. The quantitative estimate of drug-likeness (QED) is 0.128. The van der Waals surface area contributed by atoms with Crippen molar-refractivity contribution >= 4 is 32.3 Å². The fourth-order valence-corrected chi connectivity index (χ4v) is 6.88. The summed E-state index contributed by atoms with van der Waals surface area (Å²) in [7, 11) is 0. The third kappa shape index (κ3) is 5.69. The Morgan fingerprint density at radius 3 is 1.50 bits per heavy atom. The minimum absolute atomic E-state index is 0.0518. The van der Waals surface area contributed by atoms with Gasteiger partial charge in [-0.3, -0.25) is 0 Å². The predicted molar refractivity (Wildman–Crippen MR) is 225 cm³/mol. The van der Waals surface area contributed by atoms with Crippen molar-refractivity contribution in [2.24, 2.45) is 0 Å². The molecule has 3 heteroatoms. The Kier molecular flexibility index (Phi) is 5.45. The van der Waals surface area contributed by atoms with Gasteiger partial charge in [-0.15, -0.1) is 0 Å². The van der Waals surface area contributed by atoms with E-state index >= 15 is 0 Å². The first kappa shape index (κ1) is 22.0. The molecule has 0 amide bonds. The molecule has 54 heavy (non-hydrogen) atoms. The van der Waals surface area contributed by atoms with E-state index in [4.69, 9.17) is 27.3 Å². The Labute approximate surface area is 329 Å².